The average Bonchev–Trinajstić information content (AvgIpc) is 3.13. The lowest BCUT2D eigenvalue weighted by molar-refractivity contribution is 0.0304. The summed E-state index contributed by atoms with van der Waals surface area (Å²) in [6.45, 7) is 1.10. The number of ether oxygens (including phenoxy) is 1. The van der Waals surface area contributed by atoms with Crippen molar-refractivity contribution in [3.63, 3.8) is 0 Å². The molecule has 0 atom stereocenters. The molecule has 0 unspecified atom stereocenters. The molecule has 7 nitrogen and oxygen atoms in total. The van der Waals surface area contributed by atoms with Crippen LogP contribution in [0.15, 0.2) is 21.8 Å². The smallest absolute Gasteiger partial charge is 0.271 e. The minimum absolute atomic E-state index is 0.229. The topological polar surface area (TPSA) is 90.1 Å². The highest BCUT2D eigenvalue weighted by atomic mass is 32.1. The molecule has 1 fully saturated rings. The van der Waals surface area contributed by atoms with Crippen molar-refractivity contribution < 1.29 is 14.1 Å². The molecule has 1 N–H and O–H groups in total. The molecule has 0 radical (unpaired) electrons. The van der Waals surface area contributed by atoms with E-state index in [0.29, 0.717) is 37.6 Å². The van der Waals surface area contributed by atoms with Gasteiger partial charge in [0.15, 0.2) is 5.82 Å². The summed E-state index contributed by atoms with van der Waals surface area (Å²) in [6, 6.07) is 0. The van der Waals surface area contributed by atoms with Gasteiger partial charge in [-0.05, 0) is 0 Å². The van der Waals surface area contributed by atoms with Crippen LogP contribution in [0.3, 0.4) is 0 Å². The Morgan fingerprint density at radius 2 is 2.21 bits per heavy atom. The molecule has 19 heavy (non-hydrogen) atoms. The molecule has 1 amide bonds. The van der Waals surface area contributed by atoms with E-state index < -0.39 is 5.54 Å². The van der Waals surface area contributed by atoms with Crippen LogP contribution in [0.1, 0.15) is 29.2 Å². The van der Waals surface area contributed by atoms with Crippen LogP contribution in [-0.4, -0.2) is 34.2 Å². The van der Waals surface area contributed by atoms with Crippen molar-refractivity contribution in [2.45, 2.75) is 18.4 Å². The largest absolute Gasteiger partial charge is 0.381 e. The maximum absolute atomic E-state index is 12.2. The summed E-state index contributed by atoms with van der Waals surface area (Å²) in [6.07, 6.45) is 2.49. The summed E-state index contributed by atoms with van der Waals surface area (Å²) in [4.78, 5) is 20.3. The zero-order valence-electron chi connectivity index (χ0n) is 10.0. The quantitative estimate of drug-likeness (QED) is 0.900. The number of carbonyl (C=O) groups is 1. The molecule has 1 saturated heterocycles. The van der Waals surface area contributed by atoms with E-state index in [0.717, 1.165) is 0 Å². The van der Waals surface area contributed by atoms with E-state index >= 15 is 0 Å². The number of hydrogen-bond acceptors (Lipinski definition) is 7. The lowest BCUT2D eigenvalue weighted by Gasteiger charge is -2.34. The van der Waals surface area contributed by atoms with E-state index in [1.54, 1.807) is 10.9 Å². The Labute approximate surface area is 113 Å². The maximum Gasteiger partial charge on any atom is 0.271 e. The van der Waals surface area contributed by atoms with E-state index in [2.05, 4.69) is 20.4 Å². The lowest BCUT2D eigenvalue weighted by atomic mass is 9.89. The molecule has 0 spiro atoms. The minimum Gasteiger partial charge on any atom is -0.381 e. The van der Waals surface area contributed by atoms with Crippen molar-refractivity contribution in [2.24, 2.45) is 0 Å². The molecular weight excluding hydrogens is 268 g/mol. The summed E-state index contributed by atoms with van der Waals surface area (Å²) in [5, 5.41) is 8.56. The minimum atomic E-state index is -0.633. The second-order valence-corrected chi connectivity index (χ2v) is 5.00. The predicted molar refractivity (Wildman–Crippen MR) is 65.6 cm³/mol. The fourth-order valence-electron chi connectivity index (χ4n) is 2.11. The number of carbonyl (C=O) groups excluding carboxylic acids is 1. The Morgan fingerprint density at radius 3 is 2.84 bits per heavy atom. The first-order chi connectivity index (χ1) is 9.30. The summed E-state index contributed by atoms with van der Waals surface area (Å²) in [5.41, 5.74) is 1.39. The first-order valence-corrected chi connectivity index (χ1v) is 6.80. The molecule has 1 aliphatic rings. The van der Waals surface area contributed by atoms with E-state index in [1.165, 1.54) is 17.7 Å². The van der Waals surface area contributed by atoms with Crippen LogP contribution in [-0.2, 0) is 10.3 Å². The molecule has 8 heteroatoms. The summed E-state index contributed by atoms with van der Waals surface area (Å²) in [7, 11) is 0. The van der Waals surface area contributed by atoms with Crippen molar-refractivity contribution in [1.29, 1.82) is 0 Å². The van der Waals surface area contributed by atoms with Crippen LogP contribution >= 0.6 is 11.3 Å². The maximum atomic E-state index is 12.2. The highest BCUT2D eigenvalue weighted by molar-refractivity contribution is 7.07. The van der Waals surface area contributed by atoms with Gasteiger partial charge in [-0.15, -0.1) is 11.3 Å². The van der Waals surface area contributed by atoms with Crippen LogP contribution in [0.2, 0.25) is 0 Å². The fraction of sp³-hybridized carbons (Fsp3) is 0.455. The molecule has 0 bridgehead atoms. The van der Waals surface area contributed by atoms with Crippen LogP contribution < -0.4 is 5.32 Å². The third-order valence-electron chi connectivity index (χ3n) is 3.15. The van der Waals surface area contributed by atoms with Gasteiger partial charge in [-0.25, -0.2) is 4.98 Å². The van der Waals surface area contributed by atoms with Gasteiger partial charge in [0.2, 0.25) is 6.39 Å². The first-order valence-electron chi connectivity index (χ1n) is 5.85. The van der Waals surface area contributed by atoms with E-state index in [4.69, 9.17) is 9.26 Å². The number of aromatic nitrogens is 3. The van der Waals surface area contributed by atoms with Crippen LogP contribution in [0, 0.1) is 0 Å². The SMILES string of the molecule is O=C(NC1(c2ncon2)CCOCC1)c1cscn1. The molecule has 3 rings (SSSR count). The third-order valence-corrected chi connectivity index (χ3v) is 3.74. The number of rotatable bonds is 3. The van der Waals surface area contributed by atoms with Crippen LogP contribution in [0.5, 0.6) is 0 Å². The van der Waals surface area contributed by atoms with Crippen molar-refractivity contribution in [3.05, 3.63) is 28.8 Å². The summed E-state index contributed by atoms with van der Waals surface area (Å²) in [5.74, 6) is 0.257. The van der Waals surface area contributed by atoms with Gasteiger partial charge < -0.3 is 14.6 Å². The Hall–Kier alpha value is -1.80. The Balaban J connectivity index is 1.86. The highest BCUT2D eigenvalue weighted by Crippen LogP contribution is 2.30. The molecule has 1 aliphatic heterocycles. The first kappa shape index (κ1) is 12.2. The molecule has 0 aliphatic carbocycles. The van der Waals surface area contributed by atoms with Gasteiger partial charge in [0, 0.05) is 31.4 Å². The molecule has 0 saturated carbocycles. The lowest BCUT2D eigenvalue weighted by Crippen LogP contribution is -2.50. The van der Waals surface area contributed by atoms with Crippen molar-refractivity contribution in [3.8, 4) is 0 Å². The molecule has 100 valence electrons. The zero-order valence-corrected chi connectivity index (χ0v) is 10.9. The van der Waals surface area contributed by atoms with Gasteiger partial charge in [-0.2, -0.15) is 4.98 Å². The van der Waals surface area contributed by atoms with Crippen LogP contribution in [0.25, 0.3) is 0 Å². The Morgan fingerprint density at radius 1 is 1.37 bits per heavy atom. The third kappa shape index (κ3) is 2.36. The number of amides is 1. The van der Waals surface area contributed by atoms with Crippen LogP contribution in [0.4, 0.5) is 0 Å². The summed E-state index contributed by atoms with van der Waals surface area (Å²) >= 11 is 1.38. The van der Waals surface area contributed by atoms with Gasteiger partial charge in [-0.1, -0.05) is 5.16 Å². The van der Waals surface area contributed by atoms with Gasteiger partial charge >= 0.3 is 0 Å². The molecule has 0 aromatic carbocycles. The fourth-order valence-corrected chi connectivity index (χ4v) is 2.64. The van der Waals surface area contributed by atoms with Gasteiger partial charge in [0.25, 0.3) is 5.91 Å². The number of hydrogen-bond donors (Lipinski definition) is 1. The molecular formula is C11H12N4O3S. The molecule has 2 aromatic heterocycles. The Bertz CT molecular complexity index is 534. The summed E-state index contributed by atoms with van der Waals surface area (Å²) < 4.78 is 10.1. The van der Waals surface area contributed by atoms with Gasteiger partial charge in [0.05, 0.1) is 5.51 Å². The van der Waals surface area contributed by atoms with E-state index in [-0.39, 0.29) is 5.91 Å². The van der Waals surface area contributed by atoms with E-state index in [9.17, 15) is 4.79 Å². The number of thiazole rings is 1. The van der Waals surface area contributed by atoms with Crippen molar-refractivity contribution >= 4 is 17.2 Å². The number of nitrogens with one attached hydrogen (secondary N) is 1. The molecule has 3 heterocycles. The monoisotopic (exact) mass is 280 g/mol. The second kappa shape index (κ2) is 5.06. The highest BCUT2D eigenvalue weighted by Gasteiger charge is 2.40. The van der Waals surface area contributed by atoms with Crippen molar-refractivity contribution in [1.82, 2.24) is 20.4 Å². The van der Waals surface area contributed by atoms with E-state index in [1.807, 2.05) is 0 Å². The second-order valence-electron chi connectivity index (χ2n) is 4.28. The van der Waals surface area contributed by atoms with Crippen molar-refractivity contribution in [2.75, 3.05) is 13.2 Å². The normalized spacial score (nSPS) is 18.1. The molecule has 2 aromatic rings. The standard InChI is InChI=1S/C11H12N4O3S/c16-9(8-5-19-7-13-8)14-11(1-3-17-4-2-11)10-12-6-18-15-10/h5-7H,1-4H2,(H,14,16). The average molecular weight is 280 g/mol. The van der Waals surface area contributed by atoms with Gasteiger partial charge in [0.1, 0.15) is 11.2 Å². The Kier molecular flexibility index (Phi) is 3.26. The zero-order chi connectivity index (χ0) is 13.1. The predicted octanol–water partition coefficient (Wildman–Crippen LogP) is 0.962. The van der Waals surface area contributed by atoms with Gasteiger partial charge in [-0.3, -0.25) is 4.79 Å². The number of nitrogens with zero attached hydrogens (tertiary/aromatic N) is 3.